The van der Waals surface area contributed by atoms with Gasteiger partial charge in [-0.3, -0.25) is 0 Å². The Hall–Kier alpha value is -0.716. The lowest BCUT2D eigenvalue weighted by Crippen LogP contribution is -2.46. The molecule has 0 spiro atoms. The minimum Gasteiger partial charge on any atom is -0.413 e. The topological polar surface area (TPSA) is 62.5 Å². The first kappa shape index (κ1) is 37.3. The molecule has 38 heavy (non-hydrogen) atoms. The third-order valence-electron chi connectivity index (χ3n) is 9.13. The minimum absolute atomic E-state index is 0.0511. The van der Waals surface area contributed by atoms with Crippen molar-refractivity contribution in [2.45, 2.75) is 143 Å². The molecule has 0 aliphatic carbocycles. The van der Waals surface area contributed by atoms with E-state index >= 15 is 0 Å². The average Bonchev–Trinajstić information content (AvgIpc) is 2.73. The van der Waals surface area contributed by atoms with E-state index in [0.29, 0.717) is 23.3 Å². The zero-order valence-electron chi connectivity index (χ0n) is 27.6. The summed E-state index contributed by atoms with van der Waals surface area (Å²) in [5.74, 6) is 1.74. The maximum Gasteiger partial charge on any atom is 0.192 e. The van der Waals surface area contributed by atoms with Crippen molar-refractivity contribution in [2.24, 2.45) is 23.7 Å². The van der Waals surface area contributed by atoms with Crippen LogP contribution in [-0.2, 0) is 8.85 Å². The third-order valence-corrected chi connectivity index (χ3v) is 18.1. The van der Waals surface area contributed by atoms with Gasteiger partial charge in [0.1, 0.15) is 0 Å². The Bertz CT molecular complexity index is 786. The first-order chi connectivity index (χ1) is 17.1. The Balaban J connectivity index is 5.45. The molecule has 0 fully saturated rings. The summed E-state index contributed by atoms with van der Waals surface area (Å²) < 4.78 is 13.6. The number of nitriles is 1. The van der Waals surface area contributed by atoms with Crippen LogP contribution >= 0.6 is 0 Å². The molecule has 1 N–H and O–H groups in total. The lowest BCUT2D eigenvalue weighted by atomic mass is 9.82. The molecule has 6 heteroatoms. The van der Waals surface area contributed by atoms with Crippen molar-refractivity contribution in [3.63, 3.8) is 0 Å². The van der Waals surface area contributed by atoms with Crippen LogP contribution in [0.3, 0.4) is 0 Å². The maximum absolute atomic E-state index is 9.87. The molecule has 0 aromatic heterocycles. The summed E-state index contributed by atoms with van der Waals surface area (Å²) in [6, 6.07) is 2.33. The number of rotatable bonds is 16. The molecule has 222 valence electrons. The van der Waals surface area contributed by atoms with Gasteiger partial charge in [-0.15, -0.1) is 6.58 Å². The molecule has 0 aliphatic heterocycles. The number of aliphatic hydroxyl groups excluding tert-OH is 1. The fraction of sp³-hybridized carbons (Fsp3) is 0.844. The SMILES string of the molecule is C=CC[C@H](O[Si](C)(C)C(C)(C)C)[C@@H](C)C[C@@H](C)C[C@@H](C)C[C@H](C)[C@@H](O[Si](C)(C)C(C)(C)C)/C(C#N)=C\CO. The summed E-state index contributed by atoms with van der Waals surface area (Å²) in [5.41, 5.74) is 0.564. The largest absolute Gasteiger partial charge is 0.413 e. The molecular weight excluding hydrogens is 503 g/mol. The van der Waals surface area contributed by atoms with Crippen molar-refractivity contribution in [1.82, 2.24) is 0 Å². The van der Waals surface area contributed by atoms with Crippen molar-refractivity contribution in [3.05, 3.63) is 24.3 Å². The second kappa shape index (κ2) is 15.3. The molecule has 0 heterocycles. The van der Waals surface area contributed by atoms with Crippen LogP contribution in [0.15, 0.2) is 24.3 Å². The van der Waals surface area contributed by atoms with Gasteiger partial charge in [0.25, 0.3) is 0 Å². The molecule has 4 nitrogen and oxygen atoms in total. The Morgan fingerprint density at radius 1 is 0.842 bits per heavy atom. The summed E-state index contributed by atoms with van der Waals surface area (Å²) in [4.78, 5) is 0. The van der Waals surface area contributed by atoms with Crippen LogP contribution in [0.25, 0.3) is 0 Å². The highest BCUT2D eigenvalue weighted by molar-refractivity contribution is 6.74. The zero-order valence-corrected chi connectivity index (χ0v) is 29.6. The van der Waals surface area contributed by atoms with Gasteiger partial charge in [0, 0.05) is 0 Å². The second-order valence-corrected chi connectivity index (χ2v) is 24.6. The predicted octanol–water partition coefficient (Wildman–Crippen LogP) is 9.50. The third kappa shape index (κ3) is 11.8. The molecule has 6 atom stereocenters. The molecule has 0 saturated carbocycles. The summed E-state index contributed by atoms with van der Waals surface area (Å²) in [7, 11) is -3.94. The van der Waals surface area contributed by atoms with Crippen molar-refractivity contribution in [1.29, 1.82) is 5.26 Å². The summed E-state index contributed by atoms with van der Waals surface area (Å²) >= 11 is 0. The van der Waals surface area contributed by atoms with E-state index in [-0.39, 0.29) is 34.8 Å². The first-order valence-corrected chi connectivity index (χ1v) is 20.6. The van der Waals surface area contributed by atoms with E-state index in [4.69, 9.17) is 8.85 Å². The Morgan fingerprint density at radius 3 is 1.68 bits per heavy atom. The Morgan fingerprint density at radius 2 is 1.29 bits per heavy atom. The van der Waals surface area contributed by atoms with Crippen molar-refractivity contribution >= 4 is 16.6 Å². The van der Waals surface area contributed by atoms with Gasteiger partial charge in [-0.25, -0.2) is 0 Å². The van der Waals surface area contributed by atoms with Crippen LogP contribution in [-0.4, -0.2) is 40.6 Å². The van der Waals surface area contributed by atoms with Gasteiger partial charge in [-0.1, -0.05) is 75.3 Å². The normalized spacial score (nSPS) is 18.7. The van der Waals surface area contributed by atoms with E-state index in [1.54, 1.807) is 6.08 Å². The standard InChI is InChI=1S/C32H63NO3Si2/c1-16-17-29(35-37(12,13)31(6,7)8)26(4)21-24(2)20-25(3)22-27(5)30(28(23-33)18-19-34)36-38(14,15)32(9,10)11/h16,18,24-27,29-30,34H,1,17,19-22H2,2-15H3/b28-18-/t24-,25+,26-,27-,29-,30+/m0/s1. The number of nitrogens with zero attached hydrogens (tertiary/aromatic N) is 1. The quantitative estimate of drug-likeness (QED) is 0.115. The van der Waals surface area contributed by atoms with E-state index in [1.165, 1.54) is 0 Å². The highest BCUT2D eigenvalue weighted by Gasteiger charge is 2.42. The fourth-order valence-corrected chi connectivity index (χ4v) is 7.63. The lowest BCUT2D eigenvalue weighted by molar-refractivity contribution is 0.108. The smallest absolute Gasteiger partial charge is 0.192 e. The van der Waals surface area contributed by atoms with Gasteiger partial charge in [-0.05, 0) is 91.7 Å². The predicted molar refractivity (Wildman–Crippen MR) is 170 cm³/mol. The molecular formula is C32H63NO3Si2. The maximum atomic E-state index is 9.87. The van der Waals surface area contributed by atoms with Gasteiger partial charge in [-0.2, -0.15) is 5.26 Å². The molecule has 0 saturated heterocycles. The molecule has 0 radical (unpaired) electrons. The van der Waals surface area contributed by atoms with Crippen molar-refractivity contribution < 1.29 is 14.0 Å². The van der Waals surface area contributed by atoms with E-state index in [2.05, 4.69) is 108 Å². The van der Waals surface area contributed by atoms with Crippen LogP contribution in [0.2, 0.25) is 36.3 Å². The zero-order chi connectivity index (χ0) is 30.1. The molecule has 0 aromatic rings. The second-order valence-electron chi connectivity index (χ2n) is 15.1. The van der Waals surface area contributed by atoms with E-state index < -0.39 is 16.6 Å². The van der Waals surface area contributed by atoms with Crippen LogP contribution in [0.4, 0.5) is 0 Å². The molecule has 0 unspecified atom stereocenters. The van der Waals surface area contributed by atoms with Crippen LogP contribution < -0.4 is 0 Å². The summed E-state index contributed by atoms with van der Waals surface area (Å²) in [6.07, 6.45) is 7.72. The van der Waals surface area contributed by atoms with Gasteiger partial charge in [0.2, 0.25) is 0 Å². The number of hydrogen-bond donors (Lipinski definition) is 1. The average molecular weight is 566 g/mol. The van der Waals surface area contributed by atoms with E-state index in [0.717, 1.165) is 25.7 Å². The summed E-state index contributed by atoms with van der Waals surface area (Å²) in [5, 5.41) is 19.7. The van der Waals surface area contributed by atoms with Crippen LogP contribution in [0.5, 0.6) is 0 Å². The highest BCUT2D eigenvalue weighted by atomic mass is 28.4. The van der Waals surface area contributed by atoms with E-state index in [9.17, 15) is 10.4 Å². The van der Waals surface area contributed by atoms with Gasteiger partial charge < -0.3 is 14.0 Å². The molecule has 0 amide bonds. The molecule has 0 rings (SSSR count). The van der Waals surface area contributed by atoms with Crippen molar-refractivity contribution in [2.75, 3.05) is 6.61 Å². The molecule has 0 bridgehead atoms. The first-order valence-electron chi connectivity index (χ1n) is 14.8. The van der Waals surface area contributed by atoms with Gasteiger partial charge in [0.05, 0.1) is 30.5 Å². The van der Waals surface area contributed by atoms with Gasteiger partial charge in [0.15, 0.2) is 16.6 Å². The molecule has 0 aliphatic rings. The fourth-order valence-electron chi connectivity index (χ4n) is 4.84. The van der Waals surface area contributed by atoms with Crippen molar-refractivity contribution in [3.8, 4) is 6.07 Å². The highest BCUT2D eigenvalue weighted by Crippen LogP contribution is 2.41. The number of aliphatic hydroxyl groups is 1. The van der Waals surface area contributed by atoms with Crippen LogP contribution in [0.1, 0.15) is 94.9 Å². The monoisotopic (exact) mass is 565 g/mol. The van der Waals surface area contributed by atoms with Crippen LogP contribution in [0, 0.1) is 35.0 Å². The lowest BCUT2D eigenvalue weighted by Gasteiger charge is -2.41. The Labute approximate surface area is 239 Å². The minimum atomic E-state index is -2.09. The Kier molecular flexibility index (Phi) is 15.0. The molecule has 0 aromatic carbocycles. The van der Waals surface area contributed by atoms with Gasteiger partial charge >= 0.3 is 0 Å². The summed E-state index contributed by atoms with van der Waals surface area (Å²) in [6.45, 7) is 35.8. The number of hydrogen-bond acceptors (Lipinski definition) is 4. The van der Waals surface area contributed by atoms with E-state index in [1.807, 2.05) is 6.08 Å².